The van der Waals surface area contributed by atoms with Crippen LogP contribution in [0, 0.1) is 11.7 Å². The van der Waals surface area contributed by atoms with Crippen LogP contribution in [0.5, 0.6) is 0 Å². The molecule has 0 spiro atoms. The molecule has 90 valence electrons. The summed E-state index contributed by atoms with van der Waals surface area (Å²) in [6, 6.07) is 5.15. The number of aromatic nitrogens is 2. The second kappa shape index (κ2) is 4.45. The summed E-state index contributed by atoms with van der Waals surface area (Å²) in [4.78, 5) is 4.16. The number of hydrogen-bond donors (Lipinski definition) is 1. The van der Waals surface area contributed by atoms with Gasteiger partial charge in [0.05, 0.1) is 11.8 Å². The van der Waals surface area contributed by atoms with E-state index in [4.69, 9.17) is 0 Å². The molecule has 17 heavy (non-hydrogen) atoms. The van der Waals surface area contributed by atoms with E-state index in [-0.39, 0.29) is 5.82 Å². The zero-order chi connectivity index (χ0) is 11.7. The van der Waals surface area contributed by atoms with Crippen LogP contribution < -0.4 is 5.32 Å². The smallest absolute Gasteiger partial charge is 0.151 e. The third-order valence-electron chi connectivity index (χ3n) is 3.51. The standard InChI is InChI=1S/C13H16FN3/c14-11-2-1-3-12-13(11)16-9-17(12)8-10-4-6-15-7-5-10/h1-3,9-10,15H,4-8H2. The predicted octanol–water partition coefficient (Wildman–Crippen LogP) is 2.17. The molecule has 1 N–H and O–H groups in total. The third-order valence-corrected chi connectivity index (χ3v) is 3.51. The molecule has 3 rings (SSSR count). The summed E-state index contributed by atoms with van der Waals surface area (Å²) in [6.45, 7) is 3.12. The van der Waals surface area contributed by atoms with Gasteiger partial charge in [0.15, 0.2) is 5.82 Å². The molecule has 0 saturated carbocycles. The number of fused-ring (bicyclic) bond motifs is 1. The van der Waals surface area contributed by atoms with Crippen molar-refractivity contribution < 1.29 is 4.39 Å². The lowest BCUT2D eigenvalue weighted by atomic mass is 9.98. The van der Waals surface area contributed by atoms with Crippen molar-refractivity contribution in [2.75, 3.05) is 13.1 Å². The number of piperidine rings is 1. The summed E-state index contributed by atoms with van der Waals surface area (Å²) in [7, 11) is 0. The fraction of sp³-hybridized carbons (Fsp3) is 0.462. The van der Waals surface area contributed by atoms with Crippen molar-refractivity contribution in [3.05, 3.63) is 30.3 Å². The van der Waals surface area contributed by atoms with Crippen LogP contribution in [0.4, 0.5) is 4.39 Å². The molecule has 0 unspecified atom stereocenters. The topological polar surface area (TPSA) is 29.9 Å². The highest BCUT2D eigenvalue weighted by Gasteiger charge is 2.15. The molecule has 0 atom stereocenters. The Morgan fingerprint density at radius 3 is 3.00 bits per heavy atom. The summed E-state index contributed by atoms with van der Waals surface area (Å²) >= 11 is 0. The van der Waals surface area contributed by atoms with Crippen molar-refractivity contribution in [2.24, 2.45) is 5.92 Å². The molecule has 1 aliphatic heterocycles. The number of rotatable bonds is 2. The number of imidazole rings is 1. The molecule has 2 aromatic rings. The average Bonchev–Trinajstić information content (AvgIpc) is 2.76. The number of halogens is 1. The van der Waals surface area contributed by atoms with Crippen LogP contribution in [0.25, 0.3) is 11.0 Å². The quantitative estimate of drug-likeness (QED) is 0.861. The third kappa shape index (κ3) is 2.05. The van der Waals surface area contributed by atoms with Crippen molar-refractivity contribution >= 4 is 11.0 Å². The van der Waals surface area contributed by atoms with Crippen LogP contribution in [0.2, 0.25) is 0 Å². The minimum atomic E-state index is -0.230. The minimum absolute atomic E-state index is 0.230. The normalized spacial score (nSPS) is 17.7. The van der Waals surface area contributed by atoms with Crippen molar-refractivity contribution in [2.45, 2.75) is 19.4 Å². The Balaban J connectivity index is 1.87. The molecule has 1 aliphatic rings. The summed E-state index contributed by atoms with van der Waals surface area (Å²) < 4.78 is 15.6. The Bertz CT molecular complexity index is 514. The van der Waals surface area contributed by atoms with Crippen molar-refractivity contribution in [1.29, 1.82) is 0 Å². The number of nitrogens with one attached hydrogen (secondary N) is 1. The molecule has 0 bridgehead atoms. The van der Waals surface area contributed by atoms with Gasteiger partial charge in [-0.1, -0.05) is 6.07 Å². The van der Waals surface area contributed by atoms with Gasteiger partial charge in [-0.15, -0.1) is 0 Å². The van der Waals surface area contributed by atoms with E-state index in [0.717, 1.165) is 25.2 Å². The van der Waals surface area contributed by atoms with Gasteiger partial charge < -0.3 is 9.88 Å². The molecule has 4 heteroatoms. The van der Waals surface area contributed by atoms with E-state index >= 15 is 0 Å². The van der Waals surface area contributed by atoms with E-state index in [1.165, 1.54) is 18.9 Å². The molecule has 1 fully saturated rings. The highest BCUT2D eigenvalue weighted by Crippen LogP contribution is 2.20. The lowest BCUT2D eigenvalue weighted by Crippen LogP contribution is -2.29. The van der Waals surface area contributed by atoms with E-state index < -0.39 is 0 Å². The lowest BCUT2D eigenvalue weighted by molar-refractivity contribution is 0.336. The van der Waals surface area contributed by atoms with Crippen LogP contribution in [0.15, 0.2) is 24.5 Å². The summed E-state index contributed by atoms with van der Waals surface area (Å²) in [6.07, 6.45) is 4.14. The van der Waals surface area contributed by atoms with E-state index in [0.29, 0.717) is 11.4 Å². The second-order valence-corrected chi connectivity index (χ2v) is 4.70. The summed E-state index contributed by atoms with van der Waals surface area (Å²) in [5, 5.41) is 3.36. The van der Waals surface area contributed by atoms with Gasteiger partial charge in [0.25, 0.3) is 0 Å². The average molecular weight is 233 g/mol. The number of nitrogens with zero attached hydrogens (tertiary/aromatic N) is 2. The van der Waals surface area contributed by atoms with Crippen LogP contribution >= 0.6 is 0 Å². The van der Waals surface area contributed by atoms with Crippen molar-refractivity contribution in [3.8, 4) is 0 Å². The lowest BCUT2D eigenvalue weighted by Gasteiger charge is -2.23. The van der Waals surface area contributed by atoms with Gasteiger partial charge in [-0.05, 0) is 44.0 Å². The maximum Gasteiger partial charge on any atom is 0.151 e. The van der Waals surface area contributed by atoms with Gasteiger partial charge in [0.1, 0.15) is 5.52 Å². The fourth-order valence-electron chi connectivity index (χ4n) is 2.54. The molecule has 0 amide bonds. The van der Waals surface area contributed by atoms with Gasteiger partial charge in [0.2, 0.25) is 0 Å². The number of hydrogen-bond acceptors (Lipinski definition) is 2. The largest absolute Gasteiger partial charge is 0.330 e. The molecule has 0 radical (unpaired) electrons. The maximum absolute atomic E-state index is 13.5. The predicted molar refractivity (Wildman–Crippen MR) is 65.3 cm³/mol. The molecule has 3 nitrogen and oxygen atoms in total. The van der Waals surface area contributed by atoms with E-state index in [1.807, 2.05) is 6.07 Å². The zero-order valence-corrected chi connectivity index (χ0v) is 9.69. The molecule has 1 saturated heterocycles. The van der Waals surface area contributed by atoms with Crippen LogP contribution in [0.3, 0.4) is 0 Å². The number of benzene rings is 1. The van der Waals surface area contributed by atoms with Gasteiger partial charge in [0, 0.05) is 6.54 Å². The second-order valence-electron chi connectivity index (χ2n) is 4.70. The first-order chi connectivity index (χ1) is 8.34. The first kappa shape index (κ1) is 10.7. The van der Waals surface area contributed by atoms with E-state index in [2.05, 4.69) is 14.9 Å². The molecular formula is C13H16FN3. The monoisotopic (exact) mass is 233 g/mol. The SMILES string of the molecule is Fc1cccc2c1ncn2CC1CCNCC1. The van der Waals surface area contributed by atoms with Gasteiger partial charge >= 0.3 is 0 Å². The van der Waals surface area contributed by atoms with Gasteiger partial charge in [-0.2, -0.15) is 0 Å². The Hall–Kier alpha value is -1.42. The first-order valence-electron chi connectivity index (χ1n) is 6.14. The number of para-hydroxylation sites is 1. The van der Waals surface area contributed by atoms with Gasteiger partial charge in [-0.25, -0.2) is 9.37 Å². The van der Waals surface area contributed by atoms with E-state index in [9.17, 15) is 4.39 Å². The Labute approximate surface area is 99.7 Å². The van der Waals surface area contributed by atoms with Crippen LogP contribution in [0.1, 0.15) is 12.8 Å². The van der Waals surface area contributed by atoms with Crippen molar-refractivity contribution in [1.82, 2.24) is 14.9 Å². The Morgan fingerprint density at radius 2 is 2.18 bits per heavy atom. The molecule has 1 aromatic carbocycles. The summed E-state index contributed by atoms with van der Waals surface area (Å²) in [5.74, 6) is 0.448. The summed E-state index contributed by atoms with van der Waals surface area (Å²) in [5.41, 5.74) is 1.39. The molecular weight excluding hydrogens is 217 g/mol. The first-order valence-corrected chi connectivity index (χ1v) is 6.14. The zero-order valence-electron chi connectivity index (χ0n) is 9.69. The van der Waals surface area contributed by atoms with Crippen LogP contribution in [-0.2, 0) is 6.54 Å². The van der Waals surface area contributed by atoms with Crippen molar-refractivity contribution in [3.63, 3.8) is 0 Å². The minimum Gasteiger partial charge on any atom is -0.330 e. The highest BCUT2D eigenvalue weighted by atomic mass is 19.1. The highest BCUT2D eigenvalue weighted by molar-refractivity contribution is 5.75. The maximum atomic E-state index is 13.5. The van der Waals surface area contributed by atoms with E-state index in [1.54, 1.807) is 12.4 Å². The molecule has 2 heterocycles. The molecule has 0 aliphatic carbocycles. The molecule has 1 aromatic heterocycles. The fourth-order valence-corrected chi connectivity index (χ4v) is 2.54. The van der Waals surface area contributed by atoms with Crippen LogP contribution in [-0.4, -0.2) is 22.6 Å². The Morgan fingerprint density at radius 1 is 1.35 bits per heavy atom. The Kier molecular flexibility index (Phi) is 2.81. The van der Waals surface area contributed by atoms with Gasteiger partial charge in [-0.3, -0.25) is 0 Å².